The summed E-state index contributed by atoms with van der Waals surface area (Å²) in [6, 6.07) is 20.0. The van der Waals surface area contributed by atoms with E-state index in [4.69, 9.17) is 10.2 Å². The molecule has 0 fully saturated rings. The molecule has 2 aromatic rings. The molecule has 0 radical (unpaired) electrons. The van der Waals surface area contributed by atoms with Gasteiger partial charge in [-0.05, 0) is 27.7 Å². The average Bonchev–Trinajstić information content (AvgIpc) is 2.96. The van der Waals surface area contributed by atoms with Crippen LogP contribution in [0.1, 0.15) is 27.7 Å². The summed E-state index contributed by atoms with van der Waals surface area (Å²) >= 11 is 0. The molecule has 0 aromatic heterocycles. The van der Waals surface area contributed by atoms with Gasteiger partial charge in [0, 0.05) is 12.2 Å². The molecule has 2 N–H and O–H groups in total. The summed E-state index contributed by atoms with van der Waals surface area (Å²) in [6.45, 7) is 6.89. The fourth-order valence-corrected chi connectivity index (χ4v) is 0.642. The molecule has 0 amide bonds. The van der Waals surface area contributed by atoms with Crippen molar-refractivity contribution in [1.29, 1.82) is 0 Å². The molecule has 106 valence electrons. The predicted molar refractivity (Wildman–Crippen MR) is 78.8 cm³/mol. The molecule has 0 aliphatic heterocycles. The van der Waals surface area contributed by atoms with Crippen LogP contribution in [0.5, 0.6) is 0 Å². The zero-order valence-electron chi connectivity index (χ0n) is 12.3. The zero-order valence-corrected chi connectivity index (χ0v) is 13.9. The van der Waals surface area contributed by atoms with Crippen molar-refractivity contribution in [2.45, 2.75) is 39.9 Å². The van der Waals surface area contributed by atoms with Crippen LogP contribution >= 0.6 is 0 Å². The molecule has 0 spiro atoms. The summed E-state index contributed by atoms with van der Waals surface area (Å²) < 4.78 is 0. The van der Waals surface area contributed by atoms with Gasteiger partial charge in [0.25, 0.3) is 0 Å². The third-order valence-corrected chi connectivity index (χ3v) is 1.11. The number of rotatable bonds is 0. The van der Waals surface area contributed by atoms with E-state index in [1.165, 1.54) is 0 Å². The van der Waals surface area contributed by atoms with Gasteiger partial charge in [0.2, 0.25) is 0 Å². The van der Waals surface area contributed by atoms with Gasteiger partial charge in [0.05, 0.1) is 0 Å². The molecular weight excluding hydrogens is 272 g/mol. The number of aliphatic hydroxyl groups is 2. The first-order chi connectivity index (χ1) is 8.46. The molecule has 3 heteroatoms. The van der Waals surface area contributed by atoms with Crippen LogP contribution in [-0.2, 0) is 21.7 Å². The smallest absolute Gasteiger partial charge is 0.394 e. The van der Waals surface area contributed by atoms with Crippen molar-refractivity contribution < 1.29 is 31.9 Å². The van der Waals surface area contributed by atoms with Crippen molar-refractivity contribution in [3.05, 3.63) is 60.7 Å². The van der Waals surface area contributed by atoms with Gasteiger partial charge in [-0.25, -0.2) is 24.3 Å². The van der Waals surface area contributed by atoms with E-state index in [-0.39, 0.29) is 33.9 Å². The summed E-state index contributed by atoms with van der Waals surface area (Å²) in [5.74, 6) is 0. The van der Waals surface area contributed by atoms with Crippen LogP contribution in [-0.4, -0.2) is 22.4 Å². The Labute approximate surface area is 132 Å². The van der Waals surface area contributed by atoms with Crippen LogP contribution in [0.4, 0.5) is 0 Å². The second kappa shape index (κ2) is 19.7. The van der Waals surface area contributed by atoms with Crippen LogP contribution < -0.4 is 0 Å². The summed E-state index contributed by atoms with van der Waals surface area (Å²) in [5, 5.41) is 16.1. The van der Waals surface area contributed by atoms with Crippen LogP contribution in [0.2, 0.25) is 0 Å². The monoisotopic (exact) mass is 298 g/mol. The predicted octanol–water partition coefficient (Wildman–Crippen LogP) is 3.58. The fourth-order valence-electron chi connectivity index (χ4n) is 0.642. The SMILES string of the molecule is CC(C)O.CC(C)O.[Ti+2].c1cc[cH-]c1.c1cc[cH-]c1. The molecule has 0 heterocycles. The molecule has 0 bridgehead atoms. The zero-order chi connectivity index (χ0) is 14.2. The third-order valence-electron chi connectivity index (χ3n) is 1.11. The van der Waals surface area contributed by atoms with E-state index in [1.54, 1.807) is 27.7 Å². The Morgan fingerprint density at radius 1 is 0.632 bits per heavy atom. The Morgan fingerprint density at radius 2 is 0.789 bits per heavy atom. The van der Waals surface area contributed by atoms with Crippen molar-refractivity contribution >= 4 is 0 Å². The van der Waals surface area contributed by atoms with E-state index in [1.807, 2.05) is 60.7 Å². The number of hydrogen-bond acceptors (Lipinski definition) is 2. The molecule has 0 unspecified atom stereocenters. The van der Waals surface area contributed by atoms with E-state index in [2.05, 4.69) is 0 Å². The first-order valence-electron chi connectivity index (χ1n) is 6.16. The van der Waals surface area contributed by atoms with Crippen molar-refractivity contribution in [3.63, 3.8) is 0 Å². The van der Waals surface area contributed by atoms with E-state index in [0.717, 1.165) is 0 Å². The minimum absolute atomic E-state index is 0. The number of aliphatic hydroxyl groups excluding tert-OH is 2. The normalized spacial score (nSPS) is 8.00. The van der Waals surface area contributed by atoms with Crippen LogP contribution in [0.15, 0.2) is 60.7 Å². The molecule has 0 aliphatic carbocycles. The van der Waals surface area contributed by atoms with Crippen LogP contribution in [0.3, 0.4) is 0 Å². The Hall–Kier alpha value is -0.666. The van der Waals surface area contributed by atoms with Gasteiger partial charge in [-0.3, -0.25) is 0 Å². The topological polar surface area (TPSA) is 40.5 Å². The summed E-state index contributed by atoms with van der Waals surface area (Å²) in [4.78, 5) is 0. The molecule has 0 saturated heterocycles. The molecule has 2 aromatic carbocycles. The average molecular weight is 298 g/mol. The Morgan fingerprint density at radius 3 is 0.842 bits per heavy atom. The minimum atomic E-state index is -0.167. The maximum atomic E-state index is 8.06. The van der Waals surface area contributed by atoms with Crippen molar-refractivity contribution in [2.75, 3.05) is 0 Å². The van der Waals surface area contributed by atoms with Crippen LogP contribution in [0, 0.1) is 0 Å². The summed E-state index contributed by atoms with van der Waals surface area (Å²) in [5.41, 5.74) is 0. The van der Waals surface area contributed by atoms with Gasteiger partial charge in [0.15, 0.2) is 0 Å². The first kappa shape index (κ1) is 23.4. The maximum absolute atomic E-state index is 8.06. The van der Waals surface area contributed by atoms with Crippen molar-refractivity contribution in [3.8, 4) is 0 Å². The standard InChI is InChI=1S/2C5H5.2C3H8O.Ti/c2*1-2-4-5-3-1;2*1-3(2)4;/h2*1-5H;2*3-4H,1-2H3;/q2*-1;;;+2. The van der Waals surface area contributed by atoms with E-state index < -0.39 is 0 Å². The molecule has 0 aliphatic rings. The van der Waals surface area contributed by atoms with Crippen molar-refractivity contribution in [1.82, 2.24) is 0 Å². The fraction of sp³-hybridized carbons (Fsp3) is 0.375. The Balaban J connectivity index is -0.000000178. The molecule has 2 rings (SSSR count). The Bertz CT molecular complexity index is 214. The first-order valence-corrected chi connectivity index (χ1v) is 6.16. The molecular formula is C16H26O2Ti. The Kier molecular flexibility index (Phi) is 24.3. The van der Waals surface area contributed by atoms with Crippen molar-refractivity contribution in [2.24, 2.45) is 0 Å². The molecule has 0 atom stereocenters. The van der Waals surface area contributed by atoms with E-state index >= 15 is 0 Å². The van der Waals surface area contributed by atoms with Gasteiger partial charge in [-0.2, -0.15) is 36.4 Å². The molecule has 19 heavy (non-hydrogen) atoms. The summed E-state index contributed by atoms with van der Waals surface area (Å²) in [6.07, 6.45) is -0.333. The van der Waals surface area contributed by atoms with Gasteiger partial charge >= 0.3 is 21.7 Å². The number of hydrogen-bond donors (Lipinski definition) is 2. The second-order valence-corrected chi connectivity index (χ2v) is 4.11. The van der Waals surface area contributed by atoms with E-state index in [9.17, 15) is 0 Å². The van der Waals surface area contributed by atoms with Gasteiger partial charge in [0.1, 0.15) is 0 Å². The van der Waals surface area contributed by atoms with Gasteiger partial charge in [-0.15, -0.1) is 0 Å². The quantitative estimate of drug-likeness (QED) is 0.576. The molecule has 2 nitrogen and oxygen atoms in total. The van der Waals surface area contributed by atoms with Crippen LogP contribution in [0.25, 0.3) is 0 Å². The third kappa shape index (κ3) is 46.8. The van der Waals surface area contributed by atoms with Gasteiger partial charge in [-0.1, -0.05) is 0 Å². The minimum Gasteiger partial charge on any atom is -0.394 e. The summed E-state index contributed by atoms with van der Waals surface area (Å²) in [7, 11) is 0. The second-order valence-electron chi connectivity index (χ2n) is 4.11. The maximum Gasteiger partial charge on any atom is 2.00 e. The van der Waals surface area contributed by atoms with Gasteiger partial charge < -0.3 is 10.2 Å². The molecule has 0 saturated carbocycles. The largest absolute Gasteiger partial charge is 2.00 e. The van der Waals surface area contributed by atoms with E-state index in [0.29, 0.717) is 0 Å².